The highest BCUT2D eigenvalue weighted by Gasteiger charge is 2.54. The summed E-state index contributed by atoms with van der Waals surface area (Å²) in [5.74, 6) is -0.570. The molecule has 13 heteroatoms. The van der Waals surface area contributed by atoms with E-state index in [1.165, 1.54) is 19.1 Å². The second kappa shape index (κ2) is 13.9. The molecule has 0 spiro atoms. The van der Waals surface area contributed by atoms with Gasteiger partial charge in [0.15, 0.2) is 23.0 Å². The zero-order valence-corrected chi connectivity index (χ0v) is 26.8. The molecule has 1 amide bonds. The van der Waals surface area contributed by atoms with Gasteiger partial charge in [-0.25, -0.2) is 9.59 Å². The molecule has 4 atom stereocenters. The minimum Gasteiger partial charge on any atom is -0.493 e. The topological polar surface area (TPSA) is 128 Å². The maximum Gasteiger partial charge on any atom is 0.514 e. The Morgan fingerprint density at radius 1 is 0.957 bits per heavy atom. The molecule has 1 saturated heterocycles. The molecule has 6 rings (SSSR count). The first-order valence-electron chi connectivity index (χ1n) is 15.0. The third-order valence-corrected chi connectivity index (χ3v) is 8.78. The van der Waals surface area contributed by atoms with Gasteiger partial charge < -0.3 is 42.8 Å². The number of fused-ring (bicyclic) bond motifs is 3. The number of benzene rings is 3. The summed E-state index contributed by atoms with van der Waals surface area (Å²) >= 11 is 5.83. The van der Waals surface area contributed by atoms with Gasteiger partial charge in [-0.2, -0.15) is 0 Å². The van der Waals surface area contributed by atoms with E-state index in [2.05, 4.69) is 0 Å². The molecular weight excluding hydrogens is 634 g/mol. The van der Waals surface area contributed by atoms with Crippen molar-refractivity contribution in [3.63, 3.8) is 0 Å². The van der Waals surface area contributed by atoms with E-state index in [0.717, 1.165) is 5.56 Å². The van der Waals surface area contributed by atoms with Crippen LogP contribution in [0, 0.1) is 11.8 Å². The lowest BCUT2D eigenvalue weighted by molar-refractivity contribution is -0.141. The van der Waals surface area contributed by atoms with Crippen molar-refractivity contribution in [1.82, 2.24) is 4.90 Å². The van der Waals surface area contributed by atoms with Gasteiger partial charge in [-0.1, -0.05) is 30.3 Å². The Kier molecular flexibility index (Phi) is 9.48. The Bertz CT molecular complexity index is 1620. The molecule has 248 valence electrons. The Balaban J connectivity index is 1.37. The van der Waals surface area contributed by atoms with Crippen molar-refractivity contribution in [2.75, 3.05) is 47.1 Å². The Labute approximate surface area is 276 Å². The van der Waals surface area contributed by atoms with Gasteiger partial charge in [-0.3, -0.25) is 4.79 Å². The van der Waals surface area contributed by atoms with Crippen molar-refractivity contribution in [3.8, 4) is 28.7 Å². The van der Waals surface area contributed by atoms with Crippen LogP contribution < -0.4 is 23.7 Å². The van der Waals surface area contributed by atoms with Crippen molar-refractivity contribution in [2.45, 2.75) is 25.0 Å². The molecule has 47 heavy (non-hydrogen) atoms. The number of halogens is 1. The number of ether oxygens (including phenoxy) is 8. The van der Waals surface area contributed by atoms with Crippen molar-refractivity contribution in [2.24, 2.45) is 11.8 Å². The molecule has 0 bridgehead atoms. The highest BCUT2D eigenvalue weighted by Crippen LogP contribution is 2.56. The highest BCUT2D eigenvalue weighted by atomic mass is 35.5. The summed E-state index contributed by atoms with van der Waals surface area (Å²) in [6.07, 6.45) is -1.72. The van der Waals surface area contributed by atoms with Crippen LogP contribution in [-0.4, -0.2) is 70.2 Å². The van der Waals surface area contributed by atoms with Crippen LogP contribution >= 0.6 is 11.6 Å². The molecule has 3 aromatic rings. The van der Waals surface area contributed by atoms with E-state index in [1.54, 1.807) is 31.3 Å². The van der Waals surface area contributed by atoms with Gasteiger partial charge in [0.1, 0.15) is 12.7 Å². The molecule has 0 radical (unpaired) electrons. The largest absolute Gasteiger partial charge is 0.514 e. The standard InChI is InChI=1S/C34H34ClNO11/c1-36(11-7-10-35)33(38)46-30-22-15-25-24(44-18-45-25)14-21(22)28(29-23(30)17-42-32(29)37)20-12-26(40-2)31(27(13-20)41-3)47-34(39)43-16-19-8-5-4-6-9-19/h4-6,8-9,12-15,23,28-30H,7,10-11,16-18H2,1-3H3/t23-,28+,29-,30+/m0/s1. The lowest BCUT2D eigenvalue weighted by Crippen LogP contribution is -2.39. The van der Waals surface area contributed by atoms with E-state index in [1.807, 2.05) is 30.3 Å². The molecule has 0 saturated carbocycles. The van der Waals surface area contributed by atoms with Crippen molar-refractivity contribution in [1.29, 1.82) is 0 Å². The fourth-order valence-corrected chi connectivity index (χ4v) is 6.38. The van der Waals surface area contributed by atoms with Gasteiger partial charge in [0.05, 0.1) is 26.7 Å². The number of rotatable bonds is 10. The number of methoxy groups -OCH3 is 2. The first-order valence-corrected chi connectivity index (χ1v) is 15.6. The highest BCUT2D eigenvalue weighted by molar-refractivity contribution is 6.17. The lowest BCUT2D eigenvalue weighted by Gasteiger charge is -2.39. The Morgan fingerprint density at radius 2 is 1.64 bits per heavy atom. The second-order valence-electron chi connectivity index (χ2n) is 11.3. The van der Waals surface area contributed by atoms with Gasteiger partial charge in [0.25, 0.3) is 0 Å². The minimum absolute atomic E-state index is 0.0101. The number of amides is 1. The van der Waals surface area contributed by atoms with E-state index >= 15 is 0 Å². The second-order valence-corrected chi connectivity index (χ2v) is 11.7. The summed E-state index contributed by atoms with van der Waals surface area (Å²) < 4.78 is 45.3. The number of carbonyl (C=O) groups excluding carboxylic acids is 3. The van der Waals surface area contributed by atoms with Crippen LogP contribution in [0.25, 0.3) is 0 Å². The van der Waals surface area contributed by atoms with Crippen molar-refractivity contribution >= 4 is 29.8 Å². The Morgan fingerprint density at radius 3 is 2.30 bits per heavy atom. The summed E-state index contributed by atoms with van der Waals surface area (Å²) in [6, 6.07) is 16.1. The smallest absolute Gasteiger partial charge is 0.493 e. The van der Waals surface area contributed by atoms with Crippen LogP contribution in [0.4, 0.5) is 9.59 Å². The summed E-state index contributed by atoms with van der Waals surface area (Å²) in [5, 5.41) is 0. The lowest BCUT2D eigenvalue weighted by atomic mass is 9.66. The molecule has 0 aromatic heterocycles. The molecule has 2 heterocycles. The molecule has 1 fully saturated rings. The van der Waals surface area contributed by atoms with Crippen LogP contribution in [0.1, 0.15) is 40.7 Å². The van der Waals surface area contributed by atoms with Crippen molar-refractivity contribution < 1.29 is 52.3 Å². The molecule has 0 N–H and O–H groups in total. The van der Waals surface area contributed by atoms with Crippen LogP contribution in [0.15, 0.2) is 54.6 Å². The molecular formula is C34H34ClNO11. The quantitative estimate of drug-likeness (QED) is 0.112. The number of cyclic esters (lactones) is 1. The summed E-state index contributed by atoms with van der Waals surface area (Å²) in [6.45, 7) is 0.483. The number of alkyl halides is 1. The maximum absolute atomic E-state index is 13.5. The third kappa shape index (κ3) is 6.42. The molecule has 0 unspecified atom stereocenters. The number of hydrogen-bond donors (Lipinski definition) is 0. The van der Waals surface area contributed by atoms with Crippen LogP contribution in [0.2, 0.25) is 0 Å². The average Bonchev–Trinajstić information content (AvgIpc) is 3.71. The van der Waals surface area contributed by atoms with E-state index in [-0.39, 0.29) is 37.3 Å². The fourth-order valence-electron chi connectivity index (χ4n) is 6.26. The fraction of sp³-hybridized carbons (Fsp3) is 0.382. The SMILES string of the molecule is COc1cc([C@@H]2c3cc4c(cc3[C@@H](OC(=O)N(C)CCCCl)[C@H]3COC(=O)[C@H]23)OCO4)cc(OC)c1OC(=O)OCc1ccccc1. The minimum atomic E-state index is -0.950. The number of nitrogens with zero attached hydrogens (tertiary/aromatic N) is 1. The predicted molar refractivity (Wildman–Crippen MR) is 166 cm³/mol. The first-order chi connectivity index (χ1) is 22.8. The van der Waals surface area contributed by atoms with Crippen LogP contribution in [-0.2, 0) is 25.6 Å². The first kappa shape index (κ1) is 32.1. The monoisotopic (exact) mass is 667 g/mol. The number of esters is 1. The third-order valence-electron chi connectivity index (χ3n) is 8.51. The molecule has 1 aliphatic carbocycles. The number of hydrogen-bond acceptors (Lipinski definition) is 11. The average molecular weight is 668 g/mol. The molecule has 12 nitrogen and oxygen atoms in total. The van der Waals surface area contributed by atoms with Crippen molar-refractivity contribution in [3.05, 3.63) is 76.9 Å². The van der Waals surface area contributed by atoms with Crippen LogP contribution in [0.3, 0.4) is 0 Å². The van der Waals surface area contributed by atoms with E-state index < -0.39 is 42.1 Å². The zero-order chi connectivity index (χ0) is 33.1. The van der Waals surface area contributed by atoms with Gasteiger partial charge in [0, 0.05) is 36.9 Å². The van der Waals surface area contributed by atoms with Crippen LogP contribution in [0.5, 0.6) is 28.7 Å². The normalized spacial score (nSPS) is 20.4. The molecule has 2 aliphatic heterocycles. The van der Waals surface area contributed by atoms with Gasteiger partial charge in [-0.15, -0.1) is 11.6 Å². The number of carbonyl (C=O) groups is 3. The zero-order valence-electron chi connectivity index (χ0n) is 26.1. The van der Waals surface area contributed by atoms with E-state index in [9.17, 15) is 14.4 Å². The molecule has 3 aliphatic rings. The van der Waals surface area contributed by atoms with E-state index in [4.69, 9.17) is 49.5 Å². The van der Waals surface area contributed by atoms with Gasteiger partial charge in [0.2, 0.25) is 12.5 Å². The predicted octanol–water partition coefficient (Wildman–Crippen LogP) is 5.82. The van der Waals surface area contributed by atoms with Gasteiger partial charge >= 0.3 is 18.2 Å². The molecule has 3 aromatic carbocycles. The summed E-state index contributed by atoms with van der Waals surface area (Å²) in [5.41, 5.74) is 2.73. The summed E-state index contributed by atoms with van der Waals surface area (Å²) in [7, 11) is 4.49. The Hall–Kier alpha value is -4.84. The van der Waals surface area contributed by atoms with E-state index in [0.29, 0.717) is 47.0 Å². The van der Waals surface area contributed by atoms with Gasteiger partial charge in [-0.05, 0) is 47.4 Å². The summed E-state index contributed by atoms with van der Waals surface area (Å²) in [4.78, 5) is 40.8. The maximum atomic E-state index is 13.5.